The second-order valence-electron chi connectivity index (χ2n) is 11.9. The number of rotatable bonds is 5. The van der Waals surface area contributed by atoms with Crippen LogP contribution in [0, 0.1) is 5.92 Å². The highest BCUT2D eigenvalue weighted by molar-refractivity contribution is 7.19. The first-order valence-corrected chi connectivity index (χ1v) is 15.6. The van der Waals surface area contributed by atoms with Crippen LogP contribution in [-0.4, -0.2) is 94.9 Å². The van der Waals surface area contributed by atoms with E-state index in [1.54, 1.807) is 17.7 Å². The summed E-state index contributed by atoms with van der Waals surface area (Å²) < 4.78 is 5.66. The minimum absolute atomic E-state index is 0.0189. The molecule has 2 fully saturated rings. The molecular weight excluding hydrogens is 536 g/mol. The summed E-state index contributed by atoms with van der Waals surface area (Å²) in [6, 6.07) is 5.00. The maximum Gasteiger partial charge on any atom is 0.226 e. The molecule has 1 amide bonds. The van der Waals surface area contributed by atoms with E-state index in [4.69, 9.17) is 9.72 Å². The Hall–Kier alpha value is -3.28. The molecule has 0 saturated carbocycles. The van der Waals surface area contributed by atoms with Crippen LogP contribution in [0.25, 0.3) is 21.1 Å². The number of fused-ring (bicyclic) bond motifs is 4. The Bertz CT molecular complexity index is 1570. The molecule has 11 heteroatoms. The van der Waals surface area contributed by atoms with Gasteiger partial charge in [0.25, 0.3) is 0 Å². The average Bonchev–Trinajstić information content (AvgIpc) is 3.60. The summed E-state index contributed by atoms with van der Waals surface area (Å²) in [6.45, 7) is 6.04. The Morgan fingerprint density at radius 3 is 2.83 bits per heavy atom. The van der Waals surface area contributed by atoms with Gasteiger partial charge in [0.15, 0.2) is 0 Å². The van der Waals surface area contributed by atoms with Crippen molar-refractivity contribution in [2.45, 2.75) is 51.2 Å². The van der Waals surface area contributed by atoms with Crippen molar-refractivity contribution in [1.82, 2.24) is 30.0 Å². The Morgan fingerprint density at radius 1 is 1.17 bits per heavy atom. The molecule has 2 saturated heterocycles. The molecule has 2 aliphatic heterocycles. The van der Waals surface area contributed by atoms with Gasteiger partial charge in [-0.2, -0.15) is 5.10 Å². The quantitative estimate of drug-likeness (QED) is 0.366. The number of aryl methyl sites for hydroxylation is 1. The number of nitrogens with zero attached hydrogens (tertiary/aromatic N) is 6. The summed E-state index contributed by atoms with van der Waals surface area (Å²) in [7, 11) is 4.35. The number of benzene rings is 1. The normalized spacial score (nSPS) is 22.0. The first-order valence-electron chi connectivity index (χ1n) is 14.8. The van der Waals surface area contributed by atoms with Crippen molar-refractivity contribution in [2.24, 2.45) is 5.92 Å². The van der Waals surface area contributed by atoms with Crippen molar-refractivity contribution in [2.75, 3.05) is 57.1 Å². The summed E-state index contributed by atoms with van der Waals surface area (Å²) in [5.41, 5.74) is 4.53. The van der Waals surface area contributed by atoms with Gasteiger partial charge in [-0.1, -0.05) is 0 Å². The molecule has 3 aliphatic rings. The number of morpholine rings is 1. The molecular formula is C30H38N8O2S. The van der Waals surface area contributed by atoms with Gasteiger partial charge in [0.1, 0.15) is 17.0 Å². The first-order chi connectivity index (χ1) is 19.9. The van der Waals surface area contributed by atoms with Crippen LogP contribution in [0.5, 0.6) is 0 Å². The second-order valence-corrected chi connectivity index (χ2v) is 13.0. The number of hydrogen-bond acceptors (Lipinski definition) is 9. The number of piperidine rings is 1. The largest absolute Gasteiger partial charge is 0.375 e. The molecule has 5 heterocycles. The zero-order valence-corrected chi connectivity index (χ0v) is 24.8. The maximum absolute atomic E-state index is 13.4. The average molecular weight is 575 g/mol. The first kappa shape index (κ1) is 26.6. The SMILES string of the molecule is CC1CN(C(=O)[C@H]2CCc3c(sc4ncnc(Nc5cc6cn[nH]c6cc5N5CCC(N(C)C)CC5)c34)C2)CCO1. The van der Waals surface area contributed by atoms with Gasteiger partial charge in [-0.05, 0) is 70.8 Å². The molecule has 0 spiro atoms. The fraction of sp³-hybridized carbons (Fsp3) is 0.533. The van der Waals surface area contributed by atoms with E-state index >= 15 is 0 Å². The van der Waals surface area contributed by atoms with E-state index in [0.717, 1.165) is 77.8 Å². The molecule has 1 unspecified atom stereocenters. The van der Waals surface area contributed by atoms with Crippen molar-refractivity contribution in [3.05, 3.63) is 35.1 Å². The molecule has 0 bridgehead atoms. The maximum atomic E-state index is 13.4. The van der Waals surface area contributed by atoms with Crippen LogP contribution < -0.4 is 10.2 Å². The number of aromatic nitrogens is 4. The van der Waals surface area contributed by atoms with E-state index < -0.39 is 0 Å². The summed E-state index contributed by atoms with van der Waals surface area (Å²) in [6.07, 6.45) is 8.38. The van der Waals surface area contributed by atoms with Crippen LogP contribution in [-0.2, 0) is 22.4 Å². The molecule has 10 nitrogen and oxygen atoms in total. The Morgan fingerprint density at radius 2 is 2.02 bits per heavy atom. The second kappa shape index (κ2) is 10.8. The van der Waals surface area contributed by atoms with Gasteiger partial charge in [0.05, 0.1) is 41.2 Å². The van der Waals surface area contributed by atoms with Gasteiger partial charge in [-0.15, -0.1) is 11.3 Å². The number of nitrogens with one attached hydrogen (secondary N) is 2. The van der Waals surface area contributed by atoms with E-state index in [-0.39, 0.29) is 17.9 Å². The number of amides is 1. The van der Waals surface area contributed by atoms with Crippen LogP contribution in [0.15, 0.2) is 24.7 Å². The Balaban J connectivity index is 1.18. The Labute approximate surface area is 244 Å². The number of aromatic amines is 1. The van der Waals surface area contributed by atoms with Crippen molar-refractivity contribution >= 4 is 55.6 Å². The molecule has 1 aliphatic carbocycles. The fourth-order valence-corrected chi connectivity index (χ4v) is 8.05. The fourth-order valence-electron chi connectivity index (χ4n) is 6.79. The summed E-state index contributed by atoms with van der Waals surface area (Å²) in [5.74, 6) is 1.13. The zero-order valence-electron chi connectivity index (χ0n) is 24.0. The lowest BCUT2D eigenvalue weighted by Crippen LogP contribution is -2.47. The molecule has 1 aromatic carbocycles. The zero-order chi connectivity index (χ0) is 28.1. The van der Waals surface area contributed by atoms with Crippen molar-refractivity contribution in [3.8, 4) is 0 Å². The number of carbonyl (C=O) groups is 1. The van der Waals surface area contributed by atoms with E-state index in [0.29, 0.717) is 25.7 Å². The molecule has 2 atom stereocenters. The predicted molar refractivity (Wildman–Crippen MR) is 163 cm³/mol. The lowest BCUT2D eigenvalue weighted by atomic mass is 9.86. The van der Waals surface area contributed by atoms with E-state index in [1.165, 1.54) is 16.1 Å². The van der Waals surface area contributed by atoms with Crippen molar-refractivity contribution in [1.29, 1.82) is 0 Å². The predicted octanol–water partition coefficient (Wildman–Crippen LogP) is 4.19. The highest BCUT2D eigenvalue weighted by Crippen LogP contribution is 2.42. The van der Waals surface area contributed by atoms with Gasteiger partial charge >= 0.3 is 0 Å². The number of hydrogen-bond donors (Lipinski definition) is 2. The van der Waals surface area contributed by atoms with Crippen LogP contribution in [0.1, 0.15) is 36.6 Å². The summed E-state index contributed by atoms with van der Waals surface area (Å²) >= 11 is 1.72. The van der Waals surface area contributed by atoms with Gasteiger partial charge in [-0.25, -0.2) is 9.97 Å². The highest BCUT2D eigenvalue weighted by Gasteiger charge is 2.33. The molecule has 7 rings (SSSR count). The van der Waals surface area contributed by atoms with Crippen LogP contribution in [0.4, 0.5) is 17.2 Å². The van der Waals surface area contributed by atoms with E-state index in [9.17, 15) is 4.79 Å². The lowest BCUT2D eigenvalue weighted by molar-refractivity contribution is -0.142. The molecule has 216 valence electrons. The molecule has 0 radical (unpaired) electrons. The van der Waals surface area contributed by atoms with Gasteiger partial charge in [0.2, 0.25) is 5.91 Å². The third kappa shape index (κ3) is 5.04. The number of H-pyrrole nitrogens is 1. The Kier molecular flexibility index (Phi) is 7.04. The minimum atomic E-state index is 0.0189. The standard InChI is InChI=1S/C30H38N8O2S/c1-18-16-38(10-11-40-18)30(39)19-4-5-22-26(13-19)41-29-27(22)28(31-17-32-29)34-24-12-20-15-33-35-23(20)14-25(24)37-8-6-21(7-9-37)36(2)3/h12,14-15,17-19,21H,4-11,13,16H2,1-3H3,(H,33,35)(H,31,32,34)/t18?,19-/m0/s1. The number of anilines is 3. The number of ether oxygens (including phenoxy) is 1. The van der Waals surface area contributed by atoms with Crippen molar-refractivity contribution in [3.63, 3.8) is 0 Å². The monoisotopic (exact) mass is 574 g/mol. The lowest BCUT2D eigenvalue weighted by Gasteiger charge is -2.37. The highest BCUT2D eigenvalue weighted by atomic mass is 32.1. The van der Waals surface area contributed by atoms with Crippen molar-refractivity contribution < 1.29 is 9.53 Å². The molecule has 2 N–H and O–H groups in total. The number of carbonyl (C=O) groups excluding carboxylic acids is 1. The third-order valence-electron chi connectivity index (χ3n) is 9.09. The van der Waals surface area contributed by atoms with Gasteiger partial charge < -0.3 is 24.8 Å². The van der Waals surface area contributed by atoms with Gasteiger partial charge in [0, 0.05) is 48.4 Å². The van der Waals surface area contributed by atoms with E-state index in [2.05, 4.69) is 56.5 Å². The van der Waals surface area contributed by atoms with Crippen LogP contribution in [0.2, 0.25) is 0 Å². The molecule has 4 aromatic rings. The van der Waals surface area contributed by atoms with Crippen LogP contribution in [0.3, 0.4) is 0 Å². The number of thiophene rings is 1. The minimum Gasteiger partial charge on any atom is -0.375 e. The molecule has 41 heavy (non-hydrogen) atoms. The van der Waals surface area contributed by atoms with Gasteiger partial charge in [-0.3, -0.25) is 9.89 Å². The topological polar surface area (TPSA) is 103 Å². The summed E-state index contributed by atoms with van der Waals surface area (Å²) in [4.78, 5) is 31.9. The molecule has 3 aromatic heterocycles. The smallest absolute Gasteiger partial charge is 0.226 e. The third-order valence-corrected chi connectivity index (χ3v) is 10.3. The van der Waals surface area contributed by atoms with E-state index in [1.807, 2.05) is 18.0 Å². The van der Waals surface area contributed by atoms with Crippen LogP contribution >= 0.6 is 11.3 Å². The summed E-state index contributed by atoms with van der Waals surface area (Å²) in [5, 5.41) is 13.3.